The van der Waals surface area contributed by atoms with Crippen LogP contribution in [-0.2, 0) is 16.1 Å². The van der Waals surface area contributed by atoms with E-state index in [-0.39, 0.29) is 24.3 Å². The number of carbonyl (C=O) groups is 3. The Bertz CT molecular complexity index is 859. The molecule has 2 aliphatic heterocycles. The minimum Gasteiger partial charge on any atom is -0.486 e. The summed E-state index contributed by atoms with van der Waals surface area (Å²) in [4.78, 5) is 42.2. The van der Waals surface area contributed by atoms with Crippen LogP contribution in [0.2, 0.25) is 0 Å². The monoisotopic (exact) mass is 435 g/mol. The van der Waals surface area contributed by atoms with Crippen molar-refractivity contribution in [3.8, 4) is 5.75 Å². The lowest BCUT2D eigenvalue weighted by molar-refractivity contribution is -0.141. The summed E-state index contributed by atoms with van der Waals surface area (Å²) in [6.45, 7) is 1.43. The fourth-order valence-electron chi connectivity index (χ4n) is 4.47. The normalized spacial score (nSPS) is 20.2. The van der Waals surface area contributed by atoms with Gasteiger partial charge in [0.25, 0.3) is 0 Å². The molecule has 2 aromatic rings. The molecule has 0 bridgehead atoms. The average molecular weight is 436 g/mol. The Morgan fingerprint density at radius 1 is 0.844 bits per heavy atom. The highest BCUT2D eigenvalue weighted by Gasteiger charge is 2.42. The van der Waals surface area contributed by atoms with E-state index in [1.807, 2.05) is 48.5 Å². The minimum atomic E-state index is -0.519. The zero-order valence-electron chi connectivity index (χ0n) is 18.1. The van der Waals surface area contributed by atoms with Crippen LogP contribution in [0, 0.1) is 0 Å². The Hall–Kier alpha value is -3.35. The topological polar surface area (TPSA) is 79.0 Å². The Morgan fingerprint density at radius 2 is 1.47 bits per heavy atom. The van der Waals surface area contributed by atoms with Crippen LogP contribution in [-0.4, -0.2) is 59.3 Å². The van der Waals surface area contributed by atoms with Gasteiger partial charge >= 0.3 is 6.03 Å². The second kappa shape index (κ2) is 10.3. The van der Waals surface area contributed by atoms with Gasteiger partial charge < -0.3 is 19.9 Å². The Labute approximate surface area is 188 Å². The van der Waals surface area contributed by atoms with Gasteiger partial charge in [-0.25, -0.2) is 4.79 Å². The third-order valence-electron chi connectivity index (χ3n) is 6.12. The number of nitrogens with one attached hydrogen (secondary N) is 1. The van der Waals surface area contributed by atoms with Crippen molar-refractivity contribution in [1.29, 1.82) is 0 Å². The molecule has 4 rings (SSSR count). The highest BCUT2D eigenvalue weighted by molar-refractivity contribution is 5.94. The van der Waals surface area contributed by atoms with Crippen LogP contribution in [0.1, 0.15) is 31.2 Å². The van der Waals surface area contributed by atoms with Crippen molar-refractivity contribution in [2.45, 2.75) is 44.3 Å². The molecule has 2 aliphatic rings. The highest BCUT2D eigenvalue weighted by atomic mass is 16.5. The fourth-order valence-corrected chi connectivity index (χ4v) is 4.47. The van der Waals surface area contributed by atoms with Gasteiger partial charge in [-0.05, 0) is 43.4 Å². The van der Waals surface area contributed by atoms with E-state index >= 15 is 0 Å². The van der Waals surface area contributed by atoms with Crippen molar-refractivity contribution < 1.29 is 19.1 Å². The number of amides is 3. The maximum Gasteiger partial charge on any atom is 0.318 e. The van der Waals surface area contributed by atoms with Gasteiger partial charge in [0.15, 0.2) is 5.78 Å². The molecule has 0 radical (unpaired) electrons. The maximum absolute atomic E-state index is 13.3. The number of benzene rings is 2. The van der Waals surface area contributed by atoms with E-state index in [2.05, 4.69) is 5.32 Å². The van der Waals surface area contributed by atoms with Gasteiger partial charge in [-0.1, -0.05) is 48.5 Å². The predicted molar refractivity (Wildman–Crippen MR) is 120 cm³/mol. The first-order valence-corrected chi connectivity index (χ1v) is 11.2. The molecule has 168 valence electrons. The number of nitrogens with zero attached hydrogens (tertiary/aromatic N) is 2. The zero-order valence-corrected chi connectivity index (χ0v) is 18.1. The summed E-state index contributed by atoms with van der Waals surface area (Å²) in [5, 5.41) is 2.92. The summed E-state index contributed by atoms with van der Waals surface area (Å²) >= 11 is 0. The first-order valence-electron chi connectivity index (χ1n) is 11.2. The molecule has 3 amide bonds. The minimum absolute atomic E-state index is 0.0651. The van der Waals surface area contributed by atoms with Crippen LogP contribution in [0.5, 0.6) is 5.75 Å². The Morgan fingerprint density at radius 3 is 2.19 bits per heavy atom. The third kappa shape index (κ3) is 5.10. The average Bonchev–Trinajstić information content (AvgIpc) is 3.52. The Balaban J connectivity index is 1.35. The van der Waals surface area contributed by atoms with Gasteiger partial charge in [-0.2, -0.15) is 0 Å². The predicted octanol–water partition coefficient (Wildman–Crippen LogP) is 3.00. The van der Waals surface area contributed by atoms with E-state index in [0.717, 1.165) is 18.4 Å². The molecule has 32 heavy (non-hydrogen) atoms. The zero-order chi connectivity index (χ0) is 22.3. The maximum atomic E-state index is 13.3. The van der Waals surface area contributed by atoms with Gasteiger partial charge in [0, 0.05) is 19.6 Å². The number of rotatable bonds is 7. The quantitative estimate of drug-likeness (QED) is 0.725. The van der Waals surface area contributed by atoms with Crippen LogP contribution in [0.25, 0.3) is 0 Å². The molecule has 2 fully saturated rings. The lowest BCUT2D eigenvalue weighted by Crippen LogP contribution is -2.53. The molecule has 7 nitrogen and oxygen atoms in total. The number of hydrogen-bond acceptors (Lipinski definition) is 4. The molecule has 1 N–H and O–H groups in total. The number of ether oxygens (including phenoxy) is 1. The van der Waals surface area contributed by atoms with Crippen molar-refractivity contribution in [1.82, 2.24) is 15.1 Å². The van der Waals surface area contributed by atoms with Gasteiger partial charge in [0.2, 0.25) is 5.91 Å². The van der Waals surface area contributed by atoms with Gasteiger partial charge in [-0.3, -0.25) is 9.59 Å². The van der Waals surface area contributed by atoms with Crippen molar-refractivity contribution in [2.24, 2.45) is 0 Å². The van der Waals surface area contributed by atoms with E-state index < -0.39 is 12.1 Å². The second-order valence-electron chi connectivity index (χ2n) is 8.25. The molecule has 2 heterocycles. The summed E-state index contributed by atoms with van der Waals surface area (Å²) in [5.74, 6) is 0.402. The molecule has 2 saturated heterocycles. The standard InChI is InChI=1S/C25H29N3O4/c29-23(18-32-20-11-5-2-6-12-20)21-13-7-15-27(21)24(30)22-14-8-16-28(22)25(31)26-17-19-9-3-1-4-10-19/h1-6,9-12,21-22H,7-8,13-18H2,(H,26,31)/t21-,22-/m0/s1. The molecule has 0 spiro atoms. The van der Waals surface area contributed by atoms with Crippen LogP contribution >= 0.6 is 0 Å². The Kier molecular flexibility index (Phi) is 7.04. The summed E-state index contributed by atoms with van der Waals surface area (Å²) in [5.41, 5.74) is 1.01. The van der Waals surface area contributed by atoms with Gasteiger partial charge in [0.05, 0.1) is 6.04 Å². The van der Waals surface area contributed by atoms with E-state index in [0.29, 0.717) is 38.2 Å². The molecule has 0 unspecified atom stereocenters. The van der Waals surface area contributed by atoms with E-state index in [4.69, 9.17) is 4.74 Å². The molecule has 2 atom stereocenters. The second-order valence-corrected chi connectivity index (χ2v) is 8.25. The molecule has 0 aliphatic carbocycles. The lowest BCUT2D eigenvalue weighted by atomic mass is 10.1. The van der Waals surface area contributed by atoms with Crippen LogP contribution in [0.15, 0.2) is 60.7 Å². The van der Waals surface area contributed by atoms with Gasteiger partial charge in [-0.15, -0.1) is 0 Å². The summed E-state index contributed by atoms with van der Waals surface area (Å²) in [6, 6.07) is 17.6. The molecule has 7 heteroatoms. The number of carbonyl (C=O) groups excluding carboxylic acids is 3. The number of likely N-dealkylation sites (tertiary alicyclic amines) is 2. The number of urea groups is 1. The number of ketones is 1. The summed E-state index contributed by atoms with van der Waals surface area (Å²) < 4.78 is 5.61. The largest absolute Gasteiger partial charge is 0.486 e. The summed E-state index contributed by atoms with van der Waals surface area (Å²) in [6.07, 6.45) is 2.81. The van der Waals surface area contributed by atoms with Crippen molar-refractivity contribution >= 4 is 17.7 Å². The SMILES string of the molecule is O=C(COc1ccccc1)[C@@H]1CCCN1C(=O)[C@@H]1CCCN1C(=O)NCc1ccccc1. The lowest BCUT2D eigenvalue weighted by Gasteiger charge is -2.31. The van der Waals surface area contributed by atoms with E-state index in [9.17, 15) is 14.4 Å². The van der Waals surface area contributed by atoms with Crippen LogP contribution in [0.3, 0.4) is 0 Å². The van der Waals surface area contributed by atoms with E-state index in [1.54, 1.807) is 21.9 Å². The summed E-state index contributed by atoms with van der Waals surface area (Å²) in [7, 11) is 0. The highest BCUT2D eigenvalue weighted by Crippen LogP contribution is 2.25. The fraction of sp³-hybridized carbons (Fsp3) is 0.400. The number of hydrogen-bond donors (Lipinski definition) is 1. The van der Waals surface area contributed by atoms with Crippen molar-refractivity contribution in [3.63, 3.8) is 0 Å². The van der Waals surface area contributed by atoms with Gasteiger partial charge in [0.1, 0.15) is 18.4 Å². The van der Waals surface area contributed by atoms with Crippen LogP contribution in [0.4, 0.5) is 4.79 Å². The van der Waals surface area contributed by atoms with E-state index in [1.165, 1.54) is 0 Å². The van der Waals surface area contributed by atoms with Crippen LogP contribution < -0.4 is 10.1 Å². The van der Waals surface area contributed by atoms with Crippen molar-refractivity contribution in [2.75, 3.05) is 19.7 Å². The molecular weight excluding hydrogens is 406 g/mol. The van der Waals surface area contributed by atoms with Crippen molar-refractivity contribution in [3.05, 3.63) is 66.2 Å². The molecule has 0 saturated carbocycles. The molecule has 0 aromatic heterocycles. The first kappa shape index (κ1) is 21.9. The molecular formula is C25H29N3O4. The third-order valence-corrected chi connectivity index (χ3v) is 6.12. The number of Topliss-reactive ketones (excluding diaryl/α,β-unsaturated/α-hetero) is 1. The molecule has 2 aromatic carbocycles. The smallest absolute Gasteiger partial charge is 0.318 e. The first-order chi connectivity index (χ1) is 15.6. The number of para-hydroxylation sites is 1.